The third-order valence-electron chi connectivity index (χ3n) is 2.42. The monoisotopic (exact) mass is 310 g/mol. The quantitative estimate of drug-likeness (QED) is 0.655. The molecule has 0 bridgehead atoms. The molecule has 0 fully saturated rings. The van der Waals surface area contributed by atoms with Crippen LogP contribution in [-0.4, -0.2) is 29.6 Å². The van der Waals surface area contributed by atoms with E-state index >= 15 is 0 Å². The molecule has 0 radical (unpaired) electrons. The second-order valence-electron chi connectivity index (χ2n) is 4.02. The predicted molar refractivity (Wildman–Crippen MR) is 72.7 cm³/mol. The highest BCUT2D eigenvalue weighted by Crippen LogP contribution is 2.29. The minimum Gasteiger partial charge on any atom is -0.434 e. The Labute approximate surface area is 119 Å². The van der Waals surface area contributed by atoms with Gasteiger partial charge in [-0.05, 0) is 24.3 Å². The Kier molecular flexibility index (Phi) is 3.72. The van der Waals surface area contributed by atoms with E-state index in [9.17, 15) is 18.5 Å². The fourth-order valence-corrected chi connectivity index (χ4v) is 2.07. The first-order chi connectivity index (χ1) is 9.77. The summed E-state index contributed by atoms with van der Waals surface area (Å²) in [5.74, 6) is -0.313. The number of hydrogen-bond acceptors (Lipinski definition) is 8. The summed E-state index contributed by atoms with van der Waals surface area (Å²) in [6.45, 7) is 0. The minimum absolute atomic E-state index is 0.103. The summed E-state index contributed by atoms with van der Waals surface area (Å²) in [5, 5.41) is 10.8. The summed E-state index contributed by atoms with van der Waals surface area (Å²) in [4.78, 5) is 17.4. The van der Waals surface area contributed by atoms with Crippen molar-refractivity contribution in [3.8, 4) is 11.6 Å². The van der Waals surface area contributed by atoms with Gasteiger partial charge in [0, 0.05) is 6.26 Å². The van der Waals surface area contributed by atoms with Gasteiger partial charge in [0.05, 0.1) is 9.82 Å². The van der Waals surface area contributed by atoms with E-state index < -0.39 is 20.4 Å². The van der Waals surface area contributed by atoms with E-state index in [0.717, 1.165) is 12.5 Å². The van der Waals surface area contributed by atoms with Crippen LogP contribution in [0.1, 0.15) is 0 Å². The molecule has 2 aromatic rings. The van der Waals surface area contributed by atoms with Crippen molar-refractivity contribution in [2.24, 2.45) is 0 Å². The number of rotatable bonds is 4. The van der Waals surface area contributed by atoms with Crippen LogP contribution in [0.5, 0.6) is 11.6 Å². The lowest BCUT2D eigenvalue weighted by atomic mass is 10.3. The van der Waals surface area contributed by atoms with Gasteiger partial charge >= 0.3 is 11.6 Å². The molecular weight excluding hydrogens is 300 g/mol. The number of nitrogens with zero attached hydrogens (tertiary/aromatic N) is 3. The molecule has 0 unspecified atom stereocenters. The van der Waals surface area contributed by atoms with Gasteiger partial charge in [0.2, 0.25) is 5.95 Å². The molecule has 0 spiro atoms. The Morgan fingerprint density at radius 3 is 2.43 bits per heavy atom. The van der Waals surface area contributed by atoms with E-state index in [1.54, 1.807) is 0 Å². The van der Waals surface area contributed by atoms with Gasteiger partial charge in [-0.2, -0.15) is 4.98 Å². The highest BCUT2D eigenvalue weighted by molar-refractivity contribution is 7.90. The zero-order valence-corrected chi connectivity index (χ0v) is 11.6. The van der Waals surface area contributed by atoms with Crippen molar-refractivity contribution in [1.29, 1.82) is 0 Å². The summed E-state index contributed by atoms with van der Waals surface area (Å²) in [7, 11) is -3.33. The Hall–Kier alpha value is -2.75. The standard InChI is InChI=1S/C11H10N4O5S/c1-21(18,19)8-4-2-7(3-5-8)20-10-9(15(16)17)6-13-11(12)14-10/h2-6H,1H3,(H2,12,13,14). The summed E-state index contributed by atoms with van der Waals surface area (Å²) in [6, 6.07) is 5.36. The summed E-state index contributed by atoms with van der Waals surface area (Å²) in [5.41, 5.74) is 4.91. The Morgan fingerprint density at radius 2 is 1.90 bits per heavy atom. The third-order valence-corrected chi connectivity index (χ3v) is 3.55. The van der Waals surface area contributed by atoms with E-state index in [1.165, 1.54) is 24.3 Å². The maximum atomic E-state index is 11.3. The fraction of sp³-hybridized carbons (Fsp3) is 0.0909. The van der Waals surface area contributed by atoms with Gasteiger partial charge in [0.1, 0.15) is 11.9 Å². The largest absolute Gasteiger partial charge is 0.434 e. The van der Waals surface area contributed by atoms with Crippen LogP contribution in [0.4, 0.5) is 11.6 Å². The van der Waals surface area contributed by atoms with Crippen LogP contribution in [0.15, 0.2) is 35.4 Å². The molecule has 0 saturated heterocycles. The number of nitrogens with two attached hydrogens (primary N) is 1. The lowest BCUT2D eigenvalue weighted by molar-refractivity contribution is -0.386. The van der Waals surface area contributed by atoms with E-state index in [1.807, 2.05) is 0 Å². The van der Waals surface area contributed by atoms with Gasteiger partial charge in [-0.15, -0.1) is 0 Å². The molecule has 0 atom stereocenters. The number of sulfone groups is 1. The number of hydrogen-bond donors (Lipinski definition) is 1. The van der Waals surface area contributed by atoms with E-state index in [-0.39, 0.29) is 22.5 Å². The molecule has 110 valence electrons. The van der Waals surface area contributed by atoms with Crippen molar-refractivity contribution >= 4 is 21.5 Å². The van der Waals surface area contributed by atoms with Gasteiger partial charge in [0.15, 0.2) is 9.84 Å². The number of aromatic nitrogens is 2. The van der Waals surface area contributed by atoms with Crippen LogP contribution >= 0.6 is 0 Å². The summed E-state index contributed by atoms with van der Waals surface area (Å²) < 4.78 is 27.9. The van der Waals surface area contributed by atoms with Gasteiger partial charge in [-0.25, -0.2) is 13.4 Å². The molecule has 1 aromatic heterocycles. The molecule has 2 N–H and O–H groups in total. The molecule has 21 heavy (non-hydrogen) atoms. The van der Waals surface area contributed by atoms with Crippen LogP contribution in [-0.2, 0) is 9.84 Å². The first-order valence-electron chi connectivity index (χ1n) is 5.52. The zero-order valence-electron chi connectivity index (χ0n) is 10.8. The molecule has 0 amide bonds. The van der Waals surface area contributed by atoms with Crippen LogP contribution in [0.3, 0.4) is 0 Å². The van der Waals surface area contributed by atoms with E-state index in [4.69, 9.17) is 10.5 Å². The fourth-order valence-electron chi connectivity index (χ4n) is 1.44. The molecule has 9 nitrogen and oxygen atoms in total. The zero-order chi connectivity index (χ0) is 15.6. The predicted octanol–water partition coefficient (Wildman–Crippen LogP) is 1.16. The lowest BCUT2D eigenvalue weighted by Crippen LogP contribution is -2.01. The number of nitro groups is 1. The molecule has 10 heteroatoms. The number of nitrogen functional groups attached to an aromatic ring is 1. The number of ether oxygens (including phenoxy) is 1. The highest BCUT2D eigenvalue weighted by Gasteiger charge is 2.19. The van der Waals surface area contributed by atoms with Crippen LogP contribution < -0.4 is 10.5 Å². The second-order valence-corrected chi connectivity index (χ2v) is 6.04. The van der Waals surface area contributed by atoms with Crippen LogP contribution in [0.25, 0.3) is 0 Å². The van der Waals surface area contributed by atoms with Crippen LogP contribution in [0.2, 0.25) is 0 Å². The summed E-state index contributed by atoms with van der Waals surface area (Å²) in [6.07, 6.45) is 2.00. The maximum Gasteiger partial charge on any atom is 0.349 e. The van der Waals surface area contributed by atoms with Crippen LogP contribution in [0, 0.1) is 10.1 Å². The molecule has 1 heterocycles. The van der Waals surface area contributed by atoms with Gasteiger partial charge in [-0.1, -0.05) is 0 Å². The van der Waals surface area contributed by atoms with E-state index in [2.05, 4.69) is 9.97 Å². The summed E-state index contributed by atoms with van der Waals surface area (Å²) >= 11 is 0. The SMILES string of the molecule is CS(=O)(=O)c1ccc(Oc2nc(N)ncc2[N+](=O)[O-])cc1. The molecule has 0 aliphatic rings. The van der Waals surface area contributed by atoms with Gasteiger partial charge in [-0.3, -0.25) is 10.1 Å². The Morgan fingerprint density at radius 1 is 1.29 bits per heavy atom. The van der Waals surface area contributed by atoms with Crippen molar-refractivity contribution in [2.75, 3.05) is 12.0 Å². The first kappa shape index (κ1) is 14.7. The van der Waals surface area contributed by atoms with Crippen molar-refractivity contribution in [1.82, 2.24) is 9.97 Å². The van der Waals surface area contributed by atoms with E-state index in [0.29, 0.717) is 0 Å². The average molecular weight is 310 g/mol. The Balaban J connectivity index is 2.34. The number of benzene rings is 1. The first-order valence-corrected chi connectivity index (χ1v) is 7.41. The molecule has 0 aliphatic heterocycles. The number of anilines is 1. The minimum atomic E-state index is -3.33. The van der Waals surface area contributed by atoms with Crippen molar-refractivity contribution in [3.05, 3.63) is 40.6 Å². The molecule has 2 rings (SSSR count). The molecule has 1 aromatic carbocycles. The topological polar surface area (TPSA) is 138 Å². The van der Waals surface area contributed by atoms with Crippen molar-refractivity contribution in [2.45, 2.75) is 4.90 Å². The van der Waals surface area contributed by atoms with Crippen molar-refractivity contribution < 1.29 is 18.1 Å². The molecule has 0 aliphatic carbocycles. The second kappa shape index (κ2) is 5.32. The molecular formula is C11H10N4O5S. The average Bonchev–Trinajstić information content (AvgIpc) is 2.38. The molecule has 0 saturated carbocycles. The van der Waals surface area contributed by atoms with Crippen molar-refractivity contribution in [3.63, 3.8) is 0 Å². The van der Waals surface area contributed by atoms with Gasteiger partial charge < -0.3 is 10.5 Å². The smallest absolute Gasteiger partial charge is 0.349 e. The maximum absolute atomic E-state index is 11.3. The van der Waals surface area contributed by atoms with Gasteiger partial charge in [0.25, 0.3) is 0 Å². The third kappa shape index (κ3) is 3.42. The normalized spacial score (nSPS) is 11.1. The Bertz CT molecular complexity index is 789. The highest BCUT2D eigenvalue weighted by atomic mass is 32.2. The lowest BCUT2D eigenvalue weighted by Gasteiger charge is -2.06.